The number of hydrogen-bond donors (Lipinski definition) is 3. The fourth-order valence-electron chi connectivity index (χ4n) is 7.91. The first kappa shape index (κ1) is 42.1. The van der Waals surface area contributed by atoms with E-state index in [9.17, 15) is 19.2 Å². The molecule has 2 fully saturated rings. The van der Waals surface area contributed by atoms with Crippen LogP contribution in [-0.2, 0) is 28.5 Å². The Morgan fingerprint density at radius 3 is 1.82 bits per heavy atom. The number of nitrogens with zero attached hydrogens (tertiary/aromatic N) is 4. The number of nitrogens with one attached hydrogen (secondary N) is 3. The van der Waals surface area contributed by atoms with Crippen LogP contribution in [0.1, 0.15) is 51.5 Å². The van der Waals surface area contributed by atoms with Crippen LogP contribution >= 0.6 is 0 Å². The highest BCUT2D eigenvalue weighted by molar-refractivity contribution is 6.02. The summed E-state index contributed by atoms with van der Waals surface area (Å²) in [5.41, 5.74) is 6.59. The second-order valence-electron chi connectivity index (χ2n) is 15.9. The molecule has 3 aliphatic heterocycles. The third-order valence-corrected chi connectivity index (χ3v) is 11.3. The second kappa shape index (κ2) is 18.5. The number of ether oxygens (including phenoxy) is 4. The Labute approximate surface area is 349 Å². The minimum absolute atomic E-state index is 0.132. The Kier molecular flexibility index (Phi) is 13.0. The summed E-state index contributed by atoms with van der Waals surface area (Å²) in [5.74, 6) is -0.0607. The van der Waals surface area contributed by atoms with Gasteiger partial charge in [-0.3, -0.25) is 14.6 Å². The van der Waals surface area contributed by atoms with Crippen LogP contribution in [0.5, 0.6) is 0 Å². The number of carbonyl (C=O) groups excluding carboxylic acids is 4. The fraction of sp³-hybridized carbons (Fsp3) is 0.422. The van der Waals surface area contributed by atoms with Crippen LogP contribution in [0.15, 0.2) is 77.9 Å². The number of fused-ring (bicyclic) bond motifs is 1. The number of allylic oxidation sites excluding steroid dienone is 1. The van der Waals surface area contributed by atoms with Gasteiger partial charge in [-0.1, -0.05) is 82.3 Å². The van der Waals surface area contributed by atoms with E-state index in [-0.39, 0.29) is 36.3 Å². The molecule has 15 heteroatoms. The molecule has 0 bridgehead atoms. The molecular weight excluding hydrogens is 767 g/mol. The van der Waals surface area contributed by atoms with Gasteiger partial charge >= 0.3 is 12.2 Å². The molecule has 15 nitrogen and oxygen atoms in total. The molecule has 0 spiro atoms. The van der Waals surface area contributed by atoms with E-state index in [1.165, 1.54) is 14.2 Å². The molecule has 4 atom stereocenters. The van der Waals surface area contributed by atoms with Crippen LogP contribution in [0, 0.1) is 11.8 Å². The number of aromatic nitrogens is 2. The number of alkyl carbamates (subject to hydrolysis) is 2. The molecular formula is C45H53N7O8. The first-order valence-electron chi connectivity index (χ1n) is 20.4. The maximum absolute atomic E-state index is 13.7. The summed E-state index contributed by atoms with van der Waals surface area (Å²) < 4.78 is 21.1. The highest BCUT2D eigenvalue weighted by Crippen LogP contribution is 2.32. The Balaban J connectivity index is 1.03. The van der Waals surface area contributed by atoms with E-state index in [0.29, 0.717) is 45.2 Å². The quantitative estimate of drug-likeness (QED) is 0.165. The molecule has 4 aromatic rings. The van der Waals surface area contributed by atoms with E-state index in [0.717, 1.165) is 50.1 Å². The summed E-state index contributed by atoms with van der Waals surface area (Å²) in [6, 6.07) is 18.7. The van der Waals surface area contributed by atoms with Crippen molar-refractivity contribution in [1.82, 2.24) is 30.4 Å². The second-order valence-corrected chi connectivity index (χ2v) is 15.9. The van der Waals surface area contributed by atoms with Crippen molar-refractivity contribution in [3.8, 4) is 22.4 Å². The highest BCUT2D eigenvalue weighted by atomic mass is 16.5. The number of hydrogen-bond acceptors (Lipinski definition) is 10. The van der Waals surface area contributed by atoms with Crippen LogP contribution in [0.3, 0.4) is 0 Å². The summed E-state index contributed by atoms with van der Waals surface area (Å²) in [4.78, 5) is 68.0. The molecule has 0 unspecified atom stereocenters. The van der Waals surface area contributed by atoms with E-state index < -0.39 is 30.3 Å². The molecule has 3 aromatic carbocycles. The molecule has 3 aliphatic rings. The number of morpholine rings is 2. The Morgan fingerprint density at radius 1 is 0.717 bits per heavy atom. The predicted molar refractivity (Wildman–Crippen MR) is 227 cm³/mol. The minimum Gasteiger partial charge on any atom is -0.453 e. The third kappa shape index (κ3) is 9.06. The van der Waals surface area contributed by atoms with Gasteiger partial charge in [-0.05, 0) is 51.4 Å². The lowest BCUT2D eigenvalue weighted by atomic mass is 9.98. The first-order chi connectivity index (χ1) is 28.9. The first-order valence-corrected chi connectivity index (χ1v) is 20.4. The molecule has 3 N–H and O–H groups in total. The molecule has 0 aliphatic carbocycles. The number of amides is 4. The van der Waals surface area contributed by atoms with Crippen molar-refractivity contribution >= 4 is 46.2 Å². The van der Waals surface area contributed by atoms with E-state index in [1.54, 1.807) is 16.0 Å². The number of benzene rings is 3. The number of carbonyl (C=O) groups is 4. The van der Waals surface area contributed by atoms with E-state index in [2.05, 4.69) is 87.3 Å². The average Bonchev–Trinajstić information content (AvgIpc) is 3.98. The van der Waals surface area contributed by atoms with Crippen LogP contribution in [0.25, 0.3) is 38.9 Å². The minimum atomic E-state index is -0.750. The number of imidazole rings is 1. The molecule has 0 radical (unpaired) electrons. The molecule has 1 aromatic heterocycles. The monoisotopic (exact) mass is 819 g/mol. The molecule has 4 heterocycles. The van der Waals surface area contributed by atoms with Gasteiger partial charge < -0.3 is 44.4 Å². The molecule has 2 saturated heterocycles. The van der Waals surface area contributed by atoms with Gasteiger partial charge in [-0.25, -0.2) is 14.6 Å². The van der Waals surface area contributed by atoms with E-state index in [1.807, 2.05) is 27.7 Å². The van der Waals surface area contributed by atoms with Crippen LogP contribution in [0.2, 0.25) is 0 Å². The molecule has 7 rings (SSSR count). The highest BCUT2D eigenvalue weighted by Gasteiger charge is 2.38. The third-order valence-electron chi connectivity index (χ3n) is 11.3. The van der Waals surface area contributed by atoms with Crippen molar-refractivity contribution in [2.45, 2.75) is 58.3 Å². The van der Waals surface area contributed by atoms with Gasteiger partial charge in [0.05, 0.1) is 64.3 Å². The number of rotatable bonds is 11. The SMILES string of the molecule is COC(=O)N[C@H](C(=O)N1CCOC[C@H]1C1=NC(c2ccc(-c3ccc4cc(-c5cnc([C@@H]6COCCN6C(=O)[C@@H](NC(=O)OC)C(C)C)[nH]5)ccc4c3)cc2)=CC1)C(C)C. The predicted octanol–water partition coefficient (Wildman–Crippen LogP) is 5.97. The maximum Gasteiger partial charge on any atom is 0.407 e. The van der Waals surface area contributed by atoms with Crippen LogP contribution in [0.4, 0.5) is 9.59 Å². The van der Waals surface area contributed by atoms with Crippen LogP contribution in [-0.4, -0.2) is 121 Å². The smallest absolute Gasteiger partial charge is 0.407 e. The Bertz CT molecular complexity index is 2280. The normalized spacial score (nSPS) is 19.1. The summed E-state index contributed by atoms with van der Waals surface area (Å²) in [5, 5.41) is 7.52. The van der Waals surface area contributed by atoms with Gasteiger partial charge in [0.25, 0.3) is 0 Å². The lowest BCUT2D eigenvalue weighted by Crippen LogP contribution is -2.59. The van der Waals surface area contributed by atoms with Crippen molar-refractivity contribution in [1.29, 1.82) is 0 Å². The lowest BCUT2D eigenvalue weighted by molar-refractivity contribution is -0.144. The zero-order chi connectivity index (χ0) is 42.5. The zero-order valence-corrected chi connectivity index (χ0v) is 34.9. The lowest BCUT2D eigenvalue weighted by Gasteiger charge is -2.38. The van der Waals surface area contributed by atoms with Gasteiger partial charge in [-0.2, -0.15) is 0 Å². The number of aliphatic imine (C=N–C) groups is 1. The number of methoxy groups -OCH3 is 2. The van der Waals surface area contributed by atoms with Crippen molar-refractivity contribution in [3.05, 3.63) is 84.3 Å². The molecule has 0 saturated carbocycles. The Hall–Kier alpha value is -6.06. The maximum atomic E-state index is 13.7. The van der Waals surface area contributed by atoms with E-state index >= 15 is 0 Å². The fourth-order valence-corrected chi connectivity index (χ4v) is 7.91. The summed E-state index contributed by atoms with van der Waals surface area (Å²) >= 11 is 0. The average molecular weight is 820 g/mol. The number of aromatic amines is 1. The zero-order valence-electron chi connectivity index (χ0n) is 34.9. The van der Waals surface area contributed by atoms with Crippen LogP contribution < -0.4 is 10.6 Å². The van der Waals surface area contributed by atoms with Crippen molar-refractivity contribution in [3.63, 3.8) is 0 Å². The molecule has 60 heavy (non-hydrogen) atoms. The Morgan fingerprint density at radius 2 is 1.23 bits per heavy atom. The molecule has 4 amide bonds. The van der Waals surface area contributed by atoms with Crippen molar-refractivity contribution in [2.75, 3.05) is 53.7 Å². The van der Waals surface area contributed by atoms with Crippen molar-refractivity contribution < 1.29 is 38.1 Å². The largest absolute Gasteiger partial charge is 0.453 e. The summed E-state index contributed by atoms with van der Waals surface area (Å²) in [6.45, 7) is 9.76. The number of H-pyrrole nitrogens is 1. The molecule has 316 valence electrons. The summed E-state index contributed by atoms with van der Waals surface area (Å²) in [7, 11) is 2.56. The van der Waals surface area contributed by atoms with Crippen molar-refractivity contribution in [2.24, 2.45) is 16.8 Å². The topological polar surface area (TPSA) is 177 Å². The van der Waals surface area contributed by atoms with Gasteiger partial charge in [0, 0.05) is 30.8 Å². The summed E-state index contributed by atoms with van der Waals surface area (Å²) in [6.07, 6.45) is 3.16. The van der Waals surface area contributed by atoms with Gasteiger partial charge in [0.15, 0.2) is 0 Å². The van der Waals surface area contributed by atoms with Gasteiger partial charge in [0.1, 0.15) is 23.9 Å². The standard InChI is InChI=1S/C45H53N7O8/c1-26(2)39(49-44(55)57-5)42(53)51-17-19-59-24-37(51)35-16-15-34(47-35)29-9-7-28(8-10-29)30-11-12-32-22-33(14-13-31(32)21-30)36-23-46-41(48-36)38-25-60-20-18-52(38)43(54)40(27(3)4)50-45(56)58-6/h7-15,21-23,26-27,37-40H,16-20,24-25H2,1-6H3,(H,46,48)(H,49,55)(H,50,56)/t37-,38-,39-,40-/m0/s1. The van der Waals surface area contributed by atoms with Gasteiger partial charge in [-0.15, -0.1) is 0 Å². The van der Waals surface area contributed by atoms with Gasteiger partial charge in [0.2, 0.25) is 11.8 Å². The van der Waals surface area contributed by atoms with E-state index in [4.69, 9.17) is 23.9 Å².